The van der Waals surface area contributed by atoms with Gasteiger partial charge in [-0.15, -0.1) is 24.0 Å². The smallest absolute Gasteiger partial charge is 0.191 e. The molecule has 0 aliphatic heterocycles. The molecule has 146 valence electrons. The van der Waals surface area contributed by atoms with E-state index in [0.717, 1.165) is 50.7 Å². The molecule has 0 radical (unpaired) electrons. The van der Waals surface area contributed by atoms with Crippen LogP contribution < -0.4 is 10.6 Å². The first-order chi connectivity index (χ1) is 11.4. The second kappa shape index (κ2) is 12.5. The maximum atomic E-state index is 10.6. The highest BCUT2D eigenvalue weighted by molar-refractivity contribution is 14.0. The van der Waals surface area contributed by atoms with Crippen molar-refractivity contribution in [1.82, 2.24) is 25.3 Å². The van der Waals surface area contributed by atoms with Gasteiger partial charge in [0.1, 0.15) is 5.60 Å². The Kier molecular flexibility index (Phi) is 12.0. The second-order valence-electron chi connectivity index (χ2n) is 6.18. The van der Waals surface area contributed by atoms with Crippen LogP contribution in [0.1, 0.15) is 39.7 Å². The number of nitrogens with one attached hydrogen (secondary N) is 2. The Morgan fingerprint density at radius 2 is 2.00 bits per heavy atom. The zero-order valence-corrected chi connectivity index (χ0v) is 18.6. The number of aromatic nitrogens is 2. The van der Waals surface area contributed by atoms with E-state index in [1.54, 1.807) is 17.8 Å². The Hall–Kier alpha value is -0.870. The molecule has 0 aliphatic rings. The fourth-order valence-corrected chi connectivity index (χ4v) is 2.41. The van der Waals surface area contributed by atoms with E-state index < -0.39 is 5.60 Å². The predicted molar refractivity (Wildman–Crippen MR) is 115 cm³/mol. The SMILES string of the molecule is CCNC(=NCC(C)(O)c1cnn(C)c1)NCCCN(CC)CC.I. The van der Waals surface area contributed by atoms with Crippen LogP contribution in [0.3, 0.4) is 0 Å². The van der Waals surface area contributed by atoms with Gasteiger partial charge in [0.15, 0.2) is 5.96 Å². The molecule has 0 amide bonds. The Bertz CT molecular complexity index is 499. The second-order valence-corrected chi connectivity index (χ2v) is 6.18. The van der Waals surface area contributed by atoms with Gasteiger partial charge in [-0.3, -0.25) is 4.68 Å². The zero-order valence-electron chi connectivity index (χ0n) is 16.2. The van der Waals surface area contributed by atoms with Gasteiger partial charge in [0.2, 0.25) is 0 Å². The van der Waals surface area contributed by atoms with E-state index in [9.17, 15) is 5.11 Å². The van der Waals surface area contributed by atoms with Crippen molar-refractivity contribution in [1.29, 1.82) is 0 Å². The number of hydrogen-bond acceptors (Lipinski definition) is 4. The summed E-state index contributed by atoms with van der Waals surface area (Å²) in [7, 11) is 1.84. The summed E-state index contributed by atoms with van der Waals surface area (Å²) < 4.78 is 1.68. The molecule has 1 heterocycles. The predicted octanol–water partition coefficient (Wildman–Crippen LogP) is 1.53. The van der Waals surface area contributed by atoms with Gasteiger partial charge in [0.25, 0.3) is 0 Å². The average molecular weight is 466 g/mol. The molecule has 0 fully saturated rings. The Labute approximate surface area is 169 Å². The molecule has 0 aliphatic carbocycles. The van der Waals surface area contributed by atoms with E-state index in [2.05, 4.69) is 39.5 Å². The van der Waals surface area contributed by atoms with Crippen LogP contribution in [0.2, 0.25) is 0 Å². The largest absolute Gasteiger partial charge is 0.383 e. The minimum absolute atomic E-state index is 0. The molecule has 0 bridgehead atoms. The summed E-state index contributed by atoms with van der Waals surface area (Å²) >= 11 is 0. The molecule has 0 spiro atoms. The number of guanidine groups is 1. The van der Waals surface area contributed by atoms with Crippen LogP contribution in [-0.2, 0) is 12.6 Å². The van der Waals surface area contributed by atoms with Crippen molar-refractivity contribution in [3.8, 4) is 0 Å². The van der Waals surface area contributed by atoms with E-state index >= 15 is 0 Å². The molecule has 8 heteroatoms. The lowest BCUT2D eigenvalue weighted by Crippen LogP contribution is -2.40. The highest BCUT2D eigenvalue weighted by atomic mass is 127. The van der Waals surface area contributed by atoms with Crippen molar-refractivity contribution in [2.45, 2.75) is 39.7 Å². The van der Waals surface area contributed by atoms with E-state index in [1.165, 1.54) is 0 Å². The highest BCUT2D eigenvalue weighted by Crippen LogP contribution is 2.19. The maximum Gasteiger partial charge on any atom is 0.191 e. The van der Waals surface area contributed by atoms with Crippen LogP contribution in [0, 0.1) is 0 Å². The number of aliphatic hydroxyl groups is 1. The Balaban J connectivity index is 0.00000576. The van der Waals surface area contributed by atoms with Gasteiger partial charge < -0.3 is 20.6 Å². The number of aliphatic imine (C=N–C) groups is 1. The van der Waals surface area contributed by atoms with Crippen LogP contribution >= 0.6 is 24.0 Å². The lowest BCUT2D eigenvalue weighted by atomic mass is 10.0. The van der Waals surface area contributed by atoms with E-state index in [0.29, 0.717) is 0 Å². The summed E-state index contributed by atoms with van der Waals surface area (Å²) in [6.07, 6.45) is 4.56. The molecule has 0 saturated carbocycles. The quantitative estimate of drug-likeness (QED) is 0.211. The first kappa shape index (κ1) is 24.1. The van der Waals surface area contributed by atoms with Crippen molar-refractivity contribution in [3.63, 3.8) is 0 Å². The fourth-order valence-electron chi connectivity index (χ4n) is 2.41. The van der Waals surface area contributed by atoms with Crippen LogP contribution in [-0.4, -0.2) is 65.0 Å². The summed E-state index contributed by atoms with van der Waals surface area (Å²) in [6, 6.07) is 0. The minimum atomic E-state index is -1.03. The molecule has 0 saturated heterocycles. The number of halogens is 1. The van der Waals surface area contributed by atoms with Crippen molar-refractivity contribution >= 4 is 29.9 Å². The van der Waals surface area contributed by atoms with Gasteiger partial charge in [-0.25, -0.2) is 4.99 Å². The molecule has 1 unspecified atom stereocenters. The Morgan fingerprint density at radius 1 is 1.32 bits per heavy atom. The van der Waals surface area contributed by atoms with Crippen LogP contribution in [0.25, 0.3) is 0 Å². The Morgan fingerprint density at radius 3 is 2.52 bits per heavy atom. The normalized spacial score (nSPS) is 14.1. The minimum Gasteiger partial charge on any atom is -0.383 e. The molecule has 0 aromatic carbocycles. The summed E-state index contributed by atoms with van der Waals surface area (Å²) in [5.74, 6) is 0.737. The number of rotatable bonds is 10. The van der Waals surface area contributed by atoms with Crippen molar-refractivity contribution in [3.05, 3.63) is 18.0 Å². The zero-order chi connectivity index (χ0) is 18.0. The molecular formula is C17H35IN6O. The first-order valence-corrected chi connectivity index (χ1v) is 8.89. The lowest BCUT2D eigenvalue weighted by molar-refractivity contribution is 0.0672. The van der Waals surface area contributed by atoms with E-state index in [4.69, 9.17) is 0 Å². The van der Waals surface area contributed by atoms with E-state index in [-0.39, 0.29) is 30.5 Å². The average Bonchev–Trinajstić information content (AvgIpc) is 3.00. The summed E-state index contributed by atoms with van der Waals surface area (Å²) in [4.78, 5) is 6.92. The molecule has 1 aromatic heterocycles. The molecule has 7 nitrogen and oxygen atoms in total. The van der Waals surface area contributed by atoms with Gasteiger partial charge in [0.05, 0.1) is 12.7 Å². The molecule has 3 N–H and O–H groups in total. The summed E-state index contributed by atoms with van der Waals surface area (Å²) in [5, 5.41) is 21.3. The highest BCUT2D eigenvalue weighted by Gasteiger charge is 2.24. The lowest BCUT2D eigenvalue weighted by Gasteiger charge is -2.21. The monoisotopic (exact) mass is 466 g/mol. The van der Waals surface area contributed by atoms with Crippen molar-refractivity contribution in [2.24, 2.45) is 12.0 Å². The number of nitrogens with zero attached hydrogens (tertiary/aromatic N) is 4. The first-order valence-electron chi connectivity index (χ1n) is 8.89. The molecule has 1 atom stereocenters. The van der Waals surface area contributed by atoms with Gasteiger partial charge in [-0.1, -0.05) is 13.8 Å². The molecular weight excluding hydrogens is 431 g/mol. The summed E-state index contributed by atoms with van der Waals surface area (Å²) in [6.45, 7) is 13.3. The van der Waals surface area contributed by atoms with Gasteiger partial charge in [-0.2, -0.15) is 5.10 Å². The van der Waals surface area contributed by atoms with Crippen LogP contribution in [0.5, 0.6) is 0 Å². The van der Waals surface area contributed by atoms with Gasteiger partial charge >= 0.3 is 0 Å². The molecule has 25 heavy (non-hydrogen) atoms. The molecule has 1 aromatic rings. The number of aryl methyl sites for hydroxylation is 1. The van der Waals surface area contributed by atoms with Crippen LogP contribution in [0.4, 0.5) is 0 Å². The van der Waals surface area contributed by atoms with Crippen LogP contribution in [0.15, 0.2) is 17.4 Å². The summed E-state index contributed by atoms with van der Waals surface area (Å²) in [5.41, 5.74) is -0.260. The van der Waals surface area contributed by atoms with Crippen molar-refractivity contribution < 1.29 is 5.11 Å². The standard InChI is InChI=1S/C17H34N6O.HI/c1-6-18-16(19-10-9-11-23(7-2)8-3)20-14-17(4,24)15-12-21-22(5)13-15;/h12-13,24H,6-11,14H2,1-5H3,(H2,18,19,20);1H. The topological polar surface area (TPSA) is 77.7 Å². The van der Waals surface area contributed by atoms with E-state index in [1.807, 2.05) is 20.2 Å². The van der Waals surface area contributed by atoms with Gasteiger partial charge in [0, 0.05) is 31.9 Å². The maximum absolute atomic E-state index is 10.6. The third-order valence-electron chi connectivity index (χ3n) is 4.05. The number of hydrogen-bond donors (Lipinski definition) is 3. The third kappa shape index (κ3) is 8.87. The van der Waals surface area contributed by atoms with Crippen molar-refractivity contribution in [2.75, 3.05) is 39.3 Å². The third-order valence-corrected chi connectivity index (χ3v) is 4.05. The van der Waals surface area contributed by atoms with Gasteiger partial charge in [-0.05, 0) is 39.9 Å². The molecule has 1 rings (SSSR count). The fraction of sp³-hybridized carbons (Fsp3) is 0.765.